The maximum absolute atomic E-state index is 11.9. The topological polar surface area (TPSA) is 78.4 Å². The zero-order chi connectivity index (χ0) is 14.6. The molecule has 3 N–H and O–H groups in total. The third-order valence-electron chi connectivity index (χ3n) is 2.44. The van der Waals surface area contributed by atoms with Gasteiger partial charge in [-0.3, -0.25) is 9.59 Å². The maximum atomic E-state index is 11.9. The molecule has 0 aliphatic carbocycles. The fraction of sp³-hybridized carbons (Fsp3) is 0.538. The molecule has 0 saturated heterocycles. The van der Waals surface area contributed by atoms with E-state index < -0.39 is 5.41 Å². The first-order chi connectivity index (χ1) is 8.75. The molecule has 0 atom stereocenters. The van der Waals surface area contributed by atoms with Crippen LogP contribution in [0.4, 0.5) is 5.00 Å². The van der Waals surface area contributed by atoms with Crippen molar-refractivity contribution in [1.29, 1.82) is 0 Å². The first-order valence-electron chi connectivity index (χ1n) is 6.06. The van der Waals surface area contributed by atoms with Gasteiger partial charge in [0.2, 0.25) is 5.91 Å². The molecule has 0 radical (unpaired) electrons. The number of anilines is 1. The Bertz CT molecular complexity index is 475. The van der Waals surface area contributed by atoms with Crippen LogP contribution in [0.25, 0.3) is 0 Å². The van der Waals surface area contributed by atoms with E-state index >= 15 is 0 Å². The molecule has 1 aromatic rings. The normalized spacial score (nSPS) is 11.2. The summed E-state index contributed by atoms with van der Waals surface area (Å²) in [5, 5.41) is 14.7. The van der Waals surface area contributed by atoms with Gasteiger partial charge in [0.05, 0.1) is 16.5 Å². The molecule has 0 aliphatic rings. The number of thiophene rings is 1. The van der Waals surface area contributed by atoms with Crippen molar-refractivity contribution < 1.29 is 14.7 Å². The minimum absolute atomic E-state index is 0.0870. The molecule has 0 aliphatic heterocycles. The summed E-state index contributed by atoms with van der Waals surface area (Å²) in [6.07, 6.45) is 0. The Balaban J connectivity index is 2.79. The van der Waals surface area contributed by atoms with Crippen molar-refractivity contribution in [3.8, 4) is 0 Å². The zero-order valence-electron chi connectivity index (χ0n) is 11.7. The minimum atomic E-state index is -0.475. The summed E-state index contributed by atoms with van der Waals surface area (Å²) in [6, 6.07) is 1.78. The largest absolute Gasteiger partial charge is 0.395 e. The highest BCUT2D eigenvalue weighted by Crippen LogP contribution is 2.28. The molecule has 0 aromatic carbocycles. The molecule has 19 heavy (non-hydrogen) atoms. The number of hydrogen-bond acceptors (Lipinski definition) is 4. The molecular weight excluding hydrogens is 264 g/mol. The van der Waals surface area contributed by atoms with Crippen LogP contribution in [0.1, 0.15) is 36.0 Å². The lowest BCUT2D eigenvalue weighted by molar-refractivity contribution is -0.123. The third-order valence-corrected chi connectivity index (χ3v) is 3.59. The average Bonchev–Trinajstić information content (AvgIpc) is 2.66. The van der Waals surface area contributed by atoms with E-state index in [0.717, 1.165) is 5.56 Å². The van der Waals surface area contributed by atoms with Gasteiger partial charge >= 0.3 is 0 Å². The lowest BCUT2D eigenvalue weighted by Gasteiger charge is -2.16. The first kappa shape index (κ1) is 15.7. The number of aryl methyl sites for hydroxylation is 1. The number of carbonyl (C=O) groups is 2. The van der Waals surface area contributed by atoms with Gasteiger partial charge in [-0.15, -0.1) is 11.3 Å². The minimum Gasteiger partial charge on any atom is -0.395 e. The van der Waals surface area contributed by atoms with Gasteiger partial charge in [0, 0.05) is 12.0 Å². The second-order valence-electron chi connectivity index (χ2n) is 5.31. The second-order valence-corrected chi connectivity index (χ2v) is 6.36. The quantitative estimate of drug-likeness (QED) is 0.788. The molecule has 2 amide bonds. The number of aliphatic hydroxyl groups is 1. The van der Waals surface area contributed by atoms with Crippen molar-refractivity contribution in [3.63, 3.8) is 0 Å². The van der Waals surface area contributed by atoms with Crippen LogP contribution in [0, 0.1) is 12.3 Å². The van der Waals surface area contributed by atoms with Gasteiger partial charge in [-0.05, 0) is 18.6 Å². The molecule has 106 valence electrons. The Kier molecular flexibility index (Phi) is 5.08. The Morgan fingerprint density at radius 2 is 2.00 bits per heavy atom. The zero-order valence-corrected chi connectivity index (χ0v) is 12.5. The van der Waals surface area contributed by atoms with E-state index in [4.69, 9.17) is 5.11 Å². The van der Waals surface area contributed by atoms with Gasteiger partial charge in [0.25, 0.3) is 5.91 Å². The number of rotatable bonds is 4. The van der Waals surface area contributed by atoms with E-state index in [2.05, 4.69) is 10.6 Å². The first-order valence-corrected chi connectivity index (χ1v) is 6.88. The van der Waals surface area contributed by atoms with E-state index in [1.807, 2.05) is 27.7 Å². The van der Waals surface area contributed by atoms with E-state index in [0.29, 0.717) is 9.88 Å². The van der Waals surface area contributed by atoms with Crippen LogP contribution in [-0.4, -0.2) is 30.1 Å². The summed E-state index contributed by atoms with van der Waals surface area (Å²) < 4.78 is 0. The van der Waals surface area contributed by atoms with Crippen LogP contribution >= 0.6 is 11.3 Å². The van der Waals surface area contributed by atoms with Crippen LogP contribution in [0.2, 0.25) is 0 Å². The number of aliphatic hydroxyl groups excluding tert-OH is 1. The van der Waals surface area contributed by atoms with Crippen LogP contribution in [0.3, 0.4) is 0 Å². The van der Waals surface area contributed by atoms with Crippen molar-refractivity contribution in [1.82, 2.24) is 5.32 Å². The molecule has 0 unspecified atom stereocenters. The summed E-state index contributed by atoms with van der Waals surface area (Å²) in [5.41, 5.74) is 0.335. The summed E-state index contributed by atoms with van der Waals surface area (Å²) in [5.74, 6) is -0.316. The standard InChI is InChI=1S/C13H20N2O3S/c1-8-7-9(15-12(18)13(2,3)4)19-10(8)11(17)14-5-6-16/h7,16H,5-6H2,1-4H3,(H,14,17)(H,15,18). The molecule has 0 fully saturated rings. The van der Waals surface area contributed by atoms with Crippen molar-refractivity contribution in [2.24, 2.45) is 5.41 Å². The molecule has 6 heteroatoms. The SMILES string of the molecule is Cc1cc(NC(=O)C(C)(C)C)sc1C(=O)NCCO. The molecule has 1 rings (SSSR count). The van der Waals surface area contributed by atoms with Gasteiger partial charge in [-0.2, -0.15) is 0 Å². The summed E-state index contributed by atoms with van der Waals surface area (Å²) >= 11 is 1.24. The molecule has 0 spiro atoms. The number of hydrogen-bond donors (Lipinski definition) is 3. The number of nitrogens with one attached hydrogen (secondary N) is 2. The van der Waals surface area contributed by atoms with Crippen LogP contribution in [0.5, 0.6) is 0 Å². The molecule has 5 nitrogen and oxygen atoms in total. The average molecular weight is 284 g/mol. The Morgan fingerprint density at radius 3 is 2.53 bits per heavy atom. The predicted octanol–water partition coefficient (Wildman–Crippen LogP) is 1.76. The molecule has 1 heterocycles. The van der Waals surface area contributed by atoms with Gasteiger partial charge in [-0.1, -0.05) is 20.8 Å². The highest BCUT2D eigenvalue weighted by Gasteiger charge is 2.22. The highest BCUT2D eigenvalue weighted by atomic mass is 32.1. The van der Waals surface area contributed by atoms with E-state index in [1.54, 1.807) is 6.07 Å². The van der Waals surface area contributed by atoms with Gasteiger partial charge in [-0.25, -0.2) is 0 Å². The monoisotopic (exact) mass is 284 g/mol. The second kappa shape index (κ2) is 6.16. The Hall–Kier alpha value is -1.40. The fourth-order valence-corrected chi connectivity index (χ4v) is 2.30. The smallest absolute Gasteiger partial charge is 0.261 e. The number of amides is 2. The Morgan fingerprint density at radius 1 is 1.37 bits per heavy atom. The Labute approximate surface area is 117 Å². The van der Waals surface area contributed by atoms with Crippen LogP contribution < -0.4 is 10.6 Å². The fourth-order valence-electron chi connectivity index (χ4n) is 1.32. The van der Waals surface area contributed by atoms with Crippen LogP contribution in [0.15, 0.2) is 6.07 Å². The lowest BCUT2D eigenvalue weighted by atomic mass is 9.96. The van der Waals surface area contributed by atoms with Crippen molar-refractivity contribution >= 4 is 28.2 Å². The summed E-state index contributed by atoms with van der Waals surface area (Å²) in [4.78, 5) is 24.2. The van der Waals surface area contributed by atoms with Crippen molar-refractivity contribution in [3.05, 3.63) is 16.5 Å². The van der Waals surface area contributed by atoms with Gasteiger partial charge in [0.1, 0.15) is 0 Å². The van der Waals surface area contributed by atoms with Crippen LogP contribution in [-0.2, 0) is 4.79 Å². The summed E-state index contributed by atoms with van der Waals surface area (Å²) in [7, 11) is 0. The molecule has 0 bridgehead atoms. The van der Waals surface area contributed by atoms with Gasteiger partial charge in [0.15, 0.2) is 0 Å². The maximum Gasteiger partial charge on any atom is 0.261 e. The molecule has 1 aromatic heterocycles. The summed E-state index contributed by atoms with van der Waals surface area (Å²) in [6.45, 7) is 7.44. The van der Waals surface area contributed by atoms with Gasteiger partial charge < -0.3 is 15.7 Å². The third kappa shape index (κ3) is 4.33. The van der Waals surface area contributed by atoms with Crippen molar-refractivity contribution in [2.45, 2.75) is 27.7 Å². The van der Waals surface area contributed by atoms with E-state index in [1.165, 1.54) is 11.3 Å². The predicted molar refractivity (Wildman–Crippen MR) is 76.6 cm³/mol. The lowest BCUT2D eigenvalue weighted by Crippen LogP contribution is -2.27. The van der Waals surface area contributed by atoms with E-state index in [9.17, 15) is 9.59 Å². The van der Waals surface area contributed by atoms with Crippen molar-refractivity contribution in [2.75, 3.05) is 18.5 Å². The number of carbonyl (C=O) groups excluding carboxylic acids is 2. The molecular formula is C13H20N2O3S. The highest BCUT2D eigenvalue weighted by molar-refractivity contribution is 7.18. The molecule has 0 saturated carbocycles. The van der Waals surface area contributed by atoms with E-state index in [-0.39, 0.29) is 25.0 Å².